The summed E-state index contributed by atoms with van der Waals surface area (Å²) in [7, 11) is 0. The zero-order valence-electron chi connectivity index (χ0n) is 4.85. The maximum absolute atomic E-state index is 10.4. The summed E-state index contributed by atoms with van der Waals surface area (Å²) in [5.74, 6) is -0.832. The lowest BCUT2D eigenvalue weighted by Crippen LogP contribution is -2.17. The van der Waals surface area contributed by atoms with E-state index in [4.69, 9.17) is 16.7 Å². The lowest BCUT2D eigenvalue weighted by atomic mass is 10.3. The minimum Gasteiger partial charge on any atom is -0.480 e. The summed E-state index contributed by atoms with van der Waals surface area (Å²) in [4.78, 5) is 9.55. The molecule has 50 valence electrons. The molecule has 2 rings (SSSR count). The van der Waals surface area contributed by atoms with E-state index in [0.29, 0.717) is 6.42 Å². The third kappa shape index (κ3) is 0.456. The average molecular weight is 147 g/mol. The van der Waals surface area contributed by atoms with Gasteiger partial charge in [0, 0.05) is 5.41 Å². The first-order valence-electron chi connectivity index (χ1n) is 3.03. The van der Waals surface area contributed by atoms with Gasteiger partial charge in [0.05, 0.1) is 0 Å². The predicted molar refractivity (Wildman–Crippen MR) is 32.5 cm³/mol. The van der Waals surface area contributed by atoms with E-state index in [2.05, 4.69) is 0 Å². The van der Waals surface area contributed by atoms with Crippen LogP contribution in [0.1, 0.15) is 19.3 Å². The van der Waals surface area contributed by atoms with Crippen molar-refractivity contribution >= 4 is 17.6 Å². The molecule has 1 N–H and O–H groups in total. The molecular formula is C6H7ClO2. The van der Waals surface area contributed by atoms with Crippen molar-refractivity contribution in [3.63, 3.8) is 0 Å². The third-order valence-electron chi connectivity index (χ3n) is 2.49. The van der Waals surface area contributed by atoms with Crippen LogP contribution >= 0.6 is 11.6 Å². The van der Waals surface area contributed by atoms with Crippen LogP contribution in [0.25, 0.3) is 0 Å². The second-order valence-electron chi connectivity index (χ2n) is 3.06. The van der Waals surface area contributed by atoms with Crippen LogP contribution in [0, 0.1) is 5.41 Å². The highest BCUT2D eigenvalue weighted by Gasteiger charge is 2.77. The molecule has 2 saturated carbocycles. The van der Waals surface area contributed by atoms with Crippen molar-refractivity contribution in [1.29, 1.82) is 0 Å². The number of rotatable bonds is 1. The van der Waals surface area contributed by atoms with Gasteiger partial charge < -0.3 is 5.11 Å². The van der Waals surface area contributed by atoms with Crippen molar-refractivity contribution in [3.05, 3.63) is 0 Å². The quantitative estimate of drug-likeness (QED) is 0.565. The first-order chi connectivity index (χ1) is 4.11. The molecule has 2 nitrogen and oxygen atoms in total. The number of hydrogen-bond acceptors (Lipinski definition) is 1. The molecule has 0 unspecified atom stereocenters. The van der Waals surface area contributed by atoms with Crippen LogP contribution in [0.4, 0.5) is 0 Å². The van der Waals surface area contributed by atoms with E-state index in [1.54, 1.807) is 0 Å². The van der Waals surface area contributed by atoms with Gasteiger partial charge in [-0.25, -0.2) is 0 Å². The third-order valence-corrected chi connectivity index (χ3v) is 3.19. The smallest absolute Gasteiger partial charge is 0.325 e. The fourth-order valence-electron chi connectivity index (χ4n) is 1.45. The number of alkyl halides is 1. The number of aliphatic carboxylic acids is 1. The van der Waals surface area contributed by atoms with Gasteiger partial charge in [-0.05, 0) is 19.3 Å². The zero-order valence-corrected chi connectivity index (χ0v) is 5.61. The summed E-state index contributed by atoms with van der Waals surface area (Å²) in [6, 6.07) is 0. The van der Waals surface area contributed by atoms with Crippen LogP contribution < -0.4 is 0 Å². The van der Waals surface area contributed by atoms with Crippen LogP contribution in [-0.4, -0.2) is 16.0 Å². The summed E-state index contributed by atoms with van der Waals surface area (Å²) < 4.78 is 0. The van der Waals surface area contributed by atoms with E-state index in [9.17, 15) is 4.79 Å². The monoisotopic (exact) mass is 146 g/mol. The Bertz CT molecular complexity index is 185. The van der Waals surface area contributed by atoms with Crippen molar-refractivity contribution in [2.45, 2.75) is 24.1 Å². The minimum atomic E-state index is -0.854. The Morgan fingerprint density at radius 2 is 2.11 bits per heavy atom. The summed E-state index contributed by atoms with van der Waals surface area (Å²) in [5.41, 5.74) is 0.0421. The molecule has 0 aromatic carbocycles. The van der Waals surface area contributed by atoms with Crippen LogP contribution in [0.3, 0.4) is 0 Å². The minimum absolute atomic E-state index is 0.0421. The highest BCUT2D eigenvalue weighted by Crippen LogP contribution is 2.76. The summed E-state index contributed by atoms with van der Waals surface area (Å²) in [6.07, 6.45) is 2.72. The Morgan fingerprint density at radius 1 is 1.56 bits per heavy atom. The predicted octanol–water partition coefficient (Wildman–Crippen LogP) is 1.23. The van der Waals surface area contributed by atoms with E-state index in [1.165, 1.54) is 0 Å². The lowest BCUT2D eigenvalue weighted by molar-refractivity contribution is -0.137. The molecule has 0 saturated heterocycles. The molecule has 2 aliphatic rings. The second-order valence-corrected chi connectivity index (χ2v) is 3.71. The molecule has 0 heterocycles. The topological polar surface area (TPSA) is 37.3 Å². The molecule has 3 heteroatoms. The van der Waals surface area contributed by atoms with Crippen LogP contribution in [0.15, 0.2) is 0 Å². The van der Waals surface area contributed by atoms with Crippen LogP contribution in [-0.2, 0) is 4.79 Å². The van der Waals surface area contributed by atoms with E-state index in [-0.39, 0.29) is 5.41 Å². The zero-order chi connectivity index (χ0) is 6.70. The Morgan fingerprint density at radius 3 is 2.22 bits per heavy atom. The Balaban J connectivity index is 2.21. The first kappa shape index (κ1) is 5.54. The van der Waals surface area contributed by atoms with Crippen molar-refractivity contribution in [2.24, 2.45) is 5.41 Å². The average Bonchev–Trinajstić information content (AvgIpc) is 2.56. The largest absolute Gasteiger partial charge is 0.480 e. The molecule has 2 fully saturated rings. The summed E-state index contributed by atoms with van der Waals surface area (Å²) in [6.45, 7) is 0. The number of carbonyl (C=O) groups is 1. The van der Waals surface area contributed by atoms with Gasteiger partial charge in [-0.2, -0.15) is 0 Å². The molecular weight excluding hydrogens is 140 g/mol. The Hall–Kier alpha value is -0.240. The van der Waals surface area contributed by atoms with E-state index >= 15 is 0 Å². The van der Waals surface area contributed by atoms with Crippen LogP contribution in [0.2, 0.25) is 0 Å². The highest BCUT2D eigenvalue weighted by atomic mass is 35.5. The van der Waals surface area contributed by atoms with Gasteiger partial charge in [-0.3, -0.25) is 4.79 Å². The maximum atomic E-state index is 10.4. The number of hydrogen-bond donors (Lipinski definition) is 1. The summed E-state index contributed by atoms with van der Waals surface area (Å²) >= 11 is 5.73. The normalized spacial score (nSPS) is 42.8. The molecule has 0 aromatic rings. The van der Waals surface area contributed by atoms with Gasteiger partial charge in [0.2, 0.25) is 0 Å². The molecule has 0 radical (unpaired) electrons. The molecule has 0 amide bonds. The van der Waals surface area contributed by atoms with Crippen molar-refractivity contribution in [2.75, 3.05) is 0 Å². The number of carboxylic acids is 1. The SMILES string of the molecule is O=C(O)[C@]1(Cl)CC12CC2. The molecule has 9 heavy (non-hydrogen) atoms. The Labute approximate surface area is 57.8 Å². The number of carboxylic acid groups (broad SMARTS) is 1. The van der Waals surface area contributed by atoms with Crippen molar-refractivity contribution in [1.82, 2.24) is 0 Å². The molecule has 0 bridgehead atoms. The molecule has 0 aliphatic heterocycles. The van der Waals surface area contributed by atoms with Crippen molar-refractivity contribution in [3.8, 4) is 0 Å². The molecule has 1 atom stereocenters. The van der Waals surface area contributed by atoms with Gasteiger partial charge in [-0.1, -0.05) is 0 Å². The Kier molecular flexibility index (Phi) is 0.692. The fraction of sp³-hybridized carbons (Fsp3) is 0.833. The molecule has 0 aromatic heterocycles. The lowest BCUT2D eigenvalue weighted by Gasteiger charge is -1.96. The van der Waals surface area contributed by atoms with Gasteiger partial charge in [0.1, 0.15) is 4.87 Å². The van der Waals surface area contributed by atoms with E-state index in [0.717, 1.165) is 12.8 Å². The first-order valence-corrected chi connectivity index (χ1v) is 3.41. The standard InChI is InChI=1S/C6H7ClO2/c7-6(4(8)9)3-5(6)1-2-5/h1-3H2,(H,8,9)/t6-/m1/s1. The number of halogens is 1. The van der Waals surface area contributed by atoms with Gasteiger partial charge in [-0.15, -0.1) is 11.6 Å². The second kappa shape index (κ2) is 1.12. The van der Waals surface area contributed by atoms with E-state index in [1.807, 2.05) is 0 Å². The van der Waals surface area contributed by atoms with Crippen LogP contribution in [0.5, 0.6) is 0 Å². The summed E-state index contributed by atoms with van der Waals surface area (Å²) in [5, 5.41) is 8.56. The van der Waals surface area contributed by atoms with E-state index < -0.39 is 10.8 Å². The molecule has 1 spiro atoms. The molecule has 2 aliphatic carbocycles. The van der Waals surface area contributed by atoms with Gasteiger partial charge in [0.15, 0.2) is 0 Å². The fourth-order valence-corrected chi connectivity index (χ4v) is 1.89. The maximum Gasteiger partial charge on any atom is 0.325 e. The van der Waals surface area contributed by atoms with Crippen molar-refractivity contribution < 1.29 is 9.90 Å². The van der Waals surface area contributed by atoms with Gasteiger partial charge >= 0.3 is 5.97 Å². The highest BCUT2D eigenvalue weighted by molar-refractivity contribution is 6.37. The van der Waals surface area contributed by atoms with Gasteiger partial charge in [0.25, 0.3) is 0 Å².